The molecule has 1 heterocycles. The molecule has 0 aliphatic carbocycles. The highest BCUT2D eigenvalue weighted by atomic mass is 35.5. The summed E-state index contributed by atoms with van der Waals surface area (Å²) in [4.78, 5) is 0. The molecule has 84 valence electrons. The smallest absolute Gasteiger partial charge is 0.153 e. The first-order valence-electron chi connectivity index (χ1n) is 4.89. The molecule has 0 saturated carbocycles. The molecule has 0 aromatic carbocycles. The van der Waals surface area contributed by atoms with Crippen LogP contribution >= 0.6 is 11.6 Å². The minimum atomic E-state index is -0.204. The second kappa shape index (κ2) is 5.28. The molecular weight excluding hydrogens is 214 g/mol. The SMILES string of the molecule is CCOC(C)(C)CNc1cnnc(Cl)c1. The van der Waals surface area contributed by atoms with E-state index in [1.807, 2.05) is 20.8 Å². The number of hydrogen-bond acceptors (Lipinski definition) is 4. The molecule has 4 nitrogen and oxygen atoms in total. The van der Waals surface area contributed by atoms with Crippen LogP contribution in [0.4, 0.5) is 5.69 Å². The maximum absolute atomic E-state index is 5.71. The highest BCUT2D eigenvalue weighted by Gasteiger charge is 2.16. The number of nitrogens with one attached hydrogen (secondary N) is 1. The molecule has 0 unspecified atom stereocenters. The van der Waals surface area contributed by atoms with Crippen LogP contribution in [0.3, 0.4) is 0 Å². The van der Waals surface area contributed by atoms with Crippen LogP contribution in [-0.4, -0.2) is 29.0 Å². The van der Waals surface area contributed by atoms with Gasteiger partial charge in [-0.1, -0.05) is 11.6 Å². The Bertz CT molecular complexity index is 317. The molecule has 0 aliphatic rings. The van der Waals surface area contributed by atoms with Crippen LogP contribution in [0.15, 0.2) is 12.3 Å². The van der Waals surface area contributed by atoms with E-state index < -0.39 is 0 Å². The van der Waals surface area contributed by atoms with Crippen molar-refractivity contribution in [1.29, 1.82) is 0 Å². The molecule has 0 radical (unpaired) electrons. The van der Waals surface area contributed by atoms with Crippen LogP contribution < -0.4 is 5.32 Å². The third-order valence-electron chi connectivity index (χ3n) is 1.88. The molecule has 1 aromatic heterocycles. The average Bonchev–Trinajstić information content (AvgIpc) is 2.15. The third kappa shape index (κ3) is 4.44. The Kier molecular flexibility index (Phi) is 4.29. The van der Waals surface area contributed by atoms with Gasteiger partial charge in [0.2, 0.25) is 0 Å². The number of nitrogens with zero attached hydrogens (tertiary/aromatic N) is 2. The van der Waals surface area contributed by atoms with Crippen molar-refractivity contribution < 1.29 is 4.74 Å². The van der Waals surface area contributed by atoms with Gasteiger partial charge in [-0.15, -0.1) is 5.10 Å². The maximum Gasteiger partial charge on any atom is 0.153 e. The van der Waals surface area contributed by atoms with Gasteiger partial charge in [-0.05, 0) is 20.8 Å². The predicted molar refractivity (Wildman–Crippen MR) is 61.2 cm³/mol. The molecule has 0 fully saturated rings. The molecule has 0 saturated heterocycles. The number of aromatic nitrogens is 2. The molecule has 5 heteroatoms. The van der Waals surface area contributed by atoms with Crippen molar-refractivity contribution in [3.63, 3.8) is 0 Å². The number of hydrogen-bond donors (Lipinski definition) is 1. The minimum Gasteiger partial charge on any atom is -0.381 e. The zero-order valence-electron chi connectivity index (χ0n) is 9.25. The standard InChI is InChI=1S/C10H16ClN3O/c1-4-15-10(2,3)7-12-8-5-9(11)14-13-6-8/h5-6H,4,7H2,1-3H3,(H,12,14). The average molecular weight is 230 g/mol. The maximum atomic E-state index is 5.71. The van der Waals surface area contributed by atoms with Gasteiger partial charge in [0.15, 0.2) is 5.15 Å². The first-order chi connectivity index (χ1) is 7.03. The fourth-order valence-electron chi connectivity index (χ4n) is 1.19. The Hall–Kier alpha value is -0.870. The minimum absolute atomic E-state index is 0.204. The molecular formula is C10H16ClN3O. The van der Waals surface area contributed by atoms with Crippen LogP contribution in [0.25, 0.3) is 0 Å². The molecule has 1 rings (SSSR count). The van der Waals surface area contributed by atoms with Crippen LogP contribution in [0, 0.1) is 0 Å². The lowest BCUT2D eigenvalue weighted by atomic mass is 10.1. The monoisotopic (exact) mass is 229 g/mol. The van der Waals surface area contributed by atoms with Crippen molar-refractivity contribution in [1.82, 2.24) is 10.2 Å². The lowest BCUT2D eigenvalue weighted by Gasteiger charge is -2.25. The lowest BCUT2D eigenvalue weighted by molar-refractivity contribution is 0.000693. The molecule has 0 atom stereocenters. The van der Waals surface area contributed by atoms with Gasteiger partial charge < -0.3 is 10.1 Å². The predicted octanol–water partition coefficient (Wildman–Crippen LogP) is 2.36. The number of anilines is 1. The molecule has 15 heavy (non-hydrogen) atoms. The lowest BCUT2D eigenvalue weighted by Crippen LogP contribution is -2.33. The highest BCUT2D eigenvalue weighted by Crippen LogP contribution is 2.14. The summed E-state index contributed by atoms with van der Waals surface area (Å²) >= 11 is 5.71. The second-order valence-corrected chi connectivity index (χ2v) is 4.20. The normalized spacial score (nSPS) is 11.5. The highest BCUT2D eigenvalue weighted by molar-refractivity contribution is 6.29. The van der Waals surface area contributed by atoms with E-state index in [2.05, 4.69) is 15.5 Å². The van der Waals surface area contributed by atoms with E-state index in [0.717, 1.165) is 5.69 Å². The molecule has 0 bridgehead atoms. The Morgan fingerprint density at radius 1 is 1.53 bits per heavy atom. The zero-order chi connectivity index (χ0) is 11.3. The first kappa shape index (κ1) is 12.2. The van der Waals surface area contributed by atoms with E-state index in [1.54, 1.807) is 12.3 Å². The number of halogens is 1. The summed E-state index contributed by atoms with van der Waals surface area (Å²) in [5.74, 6) is 0. The van der Waals surface area contributed by atoms with Crippen LogP contribution in [0.2, 0.25) is 5.15 Å². The van der Waals surface area contributed by atoms with Gasteiger partial charge in [0.25, 0.3) is 0 Å². The Morgan fingerprint density at radius 2 is 2.27 bits per heavy atom. The summed E-state index contributed by atoms with van der Waals surface area (Å²) in [5, 5.41) is 11.0. The summed E-state index contributed by atoms with van der Waals surface area (Å²) in [6.45, 7) is 7.43. The second-order valence-electron chi connectivity index (χ2n) is 3.81. The van der Waals surface area contributed by atoms with Crippen LogP contribution in [-0.2, 0) is 4.74 Å². The van der Waals surface area contributed by atoms with Gasteiger partial charge in [-0.3, -0.25) is 0 Å². The Morgan fingerprint density at radius 3 is 2.87 bits per heavy atom. The number of rotatable bonds is 5. The molecule has 0 spiro atoms. The number of ether oxygens (including phenoxy) is 1. The van der Waals surface area contributed by atoms with Crippen LogP contribution in [0.1, 0.15) is 20.8 Å². The van der Waals surface area contributed by atoms with Gasteiger partial charge in [-0.2, -0.15) is 5.10 Å². The molecule has 0 amide bonds. The summed E-state index contributed by atoms with van der Waals surface area (Å²) < 4.78 is 5.55. The Balaban J connectivity index is 2.49. The summed E-state index contributed by atoms with van der Waals surface area (Å²) in [6, 6.07) is 1.73. The zero-order valence-corrected chi connectivity index (χ0v) is 10.0. The molecule has 0 aliphatic heterocycles. The third-order valence-corrected chi connectivity index (χ3v) is 2.06. The summed E-state index contributed by atoms with van der Waals surface area (Å²) in [6.07, 6.45) is 1.63. The van der Waals surface area contributed by atoms with E-state index >= 15 is 0 Å². The van der Waals surface area contributed by atoms with Gasteiger partial charge in [0.1, 0.15) is 0 Å². The van der Waals surface area contributed by atoms with Crippen molar-refractivity contribution in [2.45, 2.75) is 26.4 Å². The fourth-order valence-corrected chi connectivity index (χ4v) is 1.36. The fraction of sp³-hybridized carbons (Fsp3) is 0.600. The quantitative estimate of drug-likeness (QED) is 0.842. The van der Waals surface area contributed by atoms with Crippen molar-refractivity contribution in [3.8, 4) is 0 Å². The molecule has 1 N–H and O–H groups in total. The van der Waals surface area contributed by atoms with Gasteiger partial charge in [0, 0.05) is 19.2 Å². The van der Waals surface area contributed by atoms with Gasteiger partial charge >= 0.3 is 0 Å². The van der Waals surface area contributed by atoms with Crippen molar-refractivity contribution in [2.75, 3.05) is 18.5 Å². The summed E-state index contributed by atoms with van der Waals surface area (Å²) in [7, 11) is 0. The Labute approximate surface area is 95.0 Å². The van der Waals surface area contributed by atoms with Crippen molar-refractivity contribution in [3.05, 3.63) is 17.4 Å². The van der Waals surface area contributed by atoms with E-state index in [9.17, 15) is 0 Å². The topological polar surface area (TPSA) is 47.0 Å². The van der Waals surface area contributed by atoms with Crippen LogP contribution in [0.5, 0.6) is 0 Å². The van der Waals surface area contributed by atoms with E-state index in [1.165, 1.54) is 0 Å². The first-order valence-corrected chi connectivity index (χ1v) is 5.27. The van der Waals surface area contributed by atoms with Gasteiger partial charge in [0.05, 0.1) is 17.5 Å². The van der Waals surface area contributed by atoms with E-state index in [-0.39, 0.29) is 5.60 Å². The largest absolute Gasteiger partial charge is 0.381 e. The van der Waals surface area contributed by atoms with E-state index in [4.69, 9.17) is 16.3 Å². The van der Waals surface area contributed by atoms with Crippen molar-refractivity contribution >= 4 is 17.3 Å². The van der Waals surface area contributed by atoms with Gasteiger partial charge in [-0.25, -0.2) is 0 Å². The summed E-state index contributed by atoms with van der Waals surface area (Å²) in [5.41, 5.74) is 0.646. The van der Waals surface area contributed by atoms with E-state index in [0.29, 0.717) is 18.3 Å². The molecule has 1 aromatic rings. The van der Waals surface area contributed by atoms with Crippen molar-refractivity contribution in [2.24, 2.45) is 0 Å².